The highest BCUT2D eigenvalue weighted by Gasteiger charge is 2.29. The normalized spacial score (nSPS) is 12.7. The predicted octanol–water partition coefficient (Wildman–Crippen LogP) is 6.63. The SMILES string of the molecule is C/C=C/C(N=Cc1ccc(C(F)(F)F)cc1)c1ccccc1.C=CC. The molecule has 0 saturated carbocycles. The second-order valence-corrected chi connectivity index (χ2v) is 5.19. The molecule has 1 unspecified atom stereocenters. The minimum Gasteiger partial charge on any atom is -0.280 e. The van der Waals surface area contributed by atoms with Gasteiger partial charge in [0.1, 0.15) is 0 Å². The zero-order chi connectivity index (χ0) is 18.7. The molecule has 1 nitrogen and oxygen atoms in total. The third-order valence-electron chi connectivity index (χ3n) is 3.14. The van der Waals surface area contributed by atoms with Crippen LogP contribution in [-0.2, 0) is 6.18 Å². The molecular weight excluding hydrogens is 323 g/mol. The summed E-state index contributed by atoms with van der Waals surface area (Å²) < 4.78 is 37.5. The van der Waals surface area contributed by atoms with Crippen molar-refractivity contribution in [3.63, 3.8) is 0 Å². The smallest absolute Gasteiger partial charge is 0.280 e. The van der Waals surface area contributed by atoms with E-state index in [9.17, 15) is 13.2 Å². The van der Waals surface area contributed by atoms with Crippen LogP contribution in [0.4, 0.5) is 13.2 Å². The number of benzene rings is 2. The Balaban J connectivity index is 0.000000970. The van der Waals surface area contributed by atoms with Crippen LogP contribution in [-0.4, -0.2) is 6.21 Å². The molecule has 0 aliphatic carbocycles. The Bertz CT molecular complexity index is 683. The van der Waals surface area contributed by atoms with Crippen molar-refractivity contribution >= 4 is 6.21 Å². The maximum absolute atomic E-state index is 12.5. The Morgan fingerprint density at radius 2 is 1.52 bits per heavy atom. The maximum Gasteiger partial charge on any atom is 0.416 e. The molecule has 0 spiro atoms. The topological polar surface area (TPSA) is 12.4 Å². The van der Waals surface area contributed by atoms with Gasteiger partial charge in [0, 0.05) is 6.21 Å². The molecule has 0 radical (unpaired) electrons. The Morgan fingerprint density at radius 1 is 0.960 bits per heavy atom. The fraction of sp³-hybridized carbons (Fsp3) is 0.190. The van der Waals surface area contributed by atoms with Crippen LogP contribution in [0.5, 0.6) is 0 Å². The maximum atomic E-state index is 12.5. The molecule has 132 valence electrons. The van der Waals surface area contributed by atoms with Crippen molar-refractivity contribution in [3.8, 4) is 0 Å². The van der Waals surface area contributed by atoms with Crippen LogP contribution < -0.4 is 0 Å². The fourth-order valence-corrected chi connectivity index (χ4v) is 2.00. The minimum atomic E-state index is -4.31. The Labute approximate surface area is 147 Å². The van der Waals surface area contributed by atoms with Crippen molar-refractivity contribution in [2.24, 2.45) is 4.99 Å². The third kappa shape index (κ3) is 7.21. The third-order valence-corrected chi connectivity index (χ3v) is 3.14. The molecular formula is C21H22F3N. The summed E-state index contributed by atoms with van der Waals surface area (Å²) in [6.45, 7) is 7.16. The molecule has 0 aliphatic rings. The molecule has 0 amide bonds. The predicted molar refractivity (Wildman–Crippen MR) is 98.9 cm³/mol. The molecule has 2 aromatic carbocycles. The van der Waals surface area contributed by atoms with Gasteiger partial charge in [0.25, 0.3) is 0 Å². The van der Waals surface area contributed by atoms with E-state index in [-0.39, 0.29) is 6.04 Å². The lowest BCUT2D eigenvalue weighted by atomic mass is 10.1. The van der Waals surface area contributed by atoms with E-state index in [2.05, 4.69) is 11.6 Å². The van der Waals surface area contributed by atoms with E-state index in [1.807, 2.05) is 56.3 Å². The second kappa shape index (κ2) is 10.3. The van der Waals surface area contributed by atoms with Crippen LogP contribution in [0, 0.1) is 0 Å². The molecule has 1 atom stereocenters. The van der Waals surface area contributed by atoms with Gasteiger partial charge in [0.15, 0.2) is 0 Å². The summed E-state index contributed by atoms with van der Waals surface area (Å²) in [5, 5.41) is 0. The highest BCUT2D eigenvalue weighted by Crippen LogP contribution is 2.29. The molecule has 0 heterocycles. The van der Waals surface area contributed by atoms with E-state index in [4.69, 9.17) is 0 Å². The van der Waals surface area contributed by atoms with Crippen molar-refractivity contribution in [1.82, 2.24) is 0 Å². The van der Waals surface area contributed by atoms with Gasteiger partial charge < -0.3 is 0 Å². The van der Waals surface area contributed by atoms with Crippen LogP contribution in [0.3, 0.4) is 0 Å². The number of halogens is 3. The first kappa shape index (κ1) is 20.4. The van der Waals surface area contributed by atoms with Gasteiger partial charge in [-0.05, 0) is 37.1 Å². The largest absolute Gasteiger partial charge is 0.416 e. The highest BCUT2D eigenvalue weighted by molar-refractivity contribution is 5.80. The number of allylic oxidation sites excluding steroid dienone is 2. The monoisotopic (exact) mass is 345 g/mol. The summed E-state index contributed by atoms with van der Waals surface area (Å²) in [5.74, 6) is 0. The number of nitrogens with zero attached hydrogens (tertiary/aromatic N) is 1. The zero-order valence-electron chi connectivity index (χ0n) is 14.4. The molecule has 0 fully saturated rings. The van der Waals surface area contributed by atoms with Crippen molar-refractivity contribution in [1.29, 1.82) is 0 Å². The summed E-state index contributed by atoms with van der Waals surface area (Å²) in [6.07, 6.45) is 2.88. The lowest BCUT2D eigenvalue weighted by Crippen LogP contribution is -2.04. The van der Waals surface area contributed by atoms with Gasteiger partial charge in [0.2, 0.25) is 0 Å². The standard InChI is InChI=1S/C18H16F3N.C3H6/c1-2-6-17(15-7-4-3-5-8-15)22-13-14-9-11-16(12-10-14)18(19,20)21;1-3-2/h2-13,17H,1H3;3H,1H2,2H3/b6-2+,22-13?;. The Morgan fingerprint density at radius 3 is 2.00 bits per heavy atom. The summed E-state index contributed by atoms with van der Waals surface area (Å²) in [7, 11) is 0. The molecule has 2 rings (SSSR count). The van der Waals surface area contributed by atoms with Gasteiger partial charge in [-0.1, -0.05) is 60.7 Å². The van der Waals surface area contributed by atoms with Crippen molar-refractivity contribution in [2.75, 3.05) is 0 Å². The summed E-state index contributed by atoms with van der Waals surface area (Å²) in [4.78, 5) is 4.45. The van der Waals surface area contributed by atoms with Gasteiger partial charge in [-0.2, -0.15) is 13.2 Å². The average Bonchev–Trinajstić information content (AvgIpc) is 2.60. The number of hydrogen-bond acceptors (Lipinski definition) is 1. The van der Waals surface area contributed by atoms with E-state index in [1.54, 1.807) is 12.3 Å². The van der Waals surface area contributed by atoms with E-state index in [0.717, 1.165) is 17.7 Å². The number of rotatable bonds is 4. The molecule has 0 saturated heterocycles. The molecule has 0 bridgehead atoms. The number of aliphatic imine (C=N–C) groups is 1. The van der Waals surface area contributed by atoms with Gasteiger partial charge in [-0.25, -0.2) is 0 Å². The summed E-state index contributed by atoms with van der Waals surface area (Å²) in [5.41, 5.74) is 1.01. The number of hydrogen-bond donors (Lipinski definition) is 0. The van der Waals surface area contributed by atoms with Gasteiger partial charge in [-0.15, -0.1) is 6.58 Å². The molecule has 0 N–H and O–H groups in total. The van der Waals surface area contributed by atoms with Crippen LogP contribution in [0.15, 0.2) is 84.4 Å². The van der Waals surface area contributed by atoms with Gasteiger partial charge >= 0.3 is 6.18 Å². The lowest BCUT2D eigenvalue weighted by molar-refractivity contribution is -0.137. The lowest BCUT2D eigenvalue weighted by Gasteiger charge is -2.08. The van der Waals surface area contributed by atoms with Crippen molar-refractivity contribution in [2.45, 2.75) is 26.1 Å². The minimum absolute atomic E-state index is 0.145. The Kier molecular flexibility index (Phi) is 8.40. The molecule has 4 heteroatoms. The van der Waals surface area contributed by atoms with Crippen LogP contribution in [0.1, 0.15) is 36.6 Å². The highest BCUT2D eigenvalue weighted by atomic mass is 19.4. The van der Waals surface area contributed by atoms with E-state index < -0.39 is 11.7 Å². The van der Waals surface area contributed by atoms with Gasteiger partial charge in [-0.3, -0.25) is 4.99 Å². The second-order valence-electron chi connectivity index (χ2n) is 5.19. The zero-order valence-corrected chi connectivity index (χ0v) is 14.4. The van der Waals surface area contributed by atoms with E-state index >= 15 is 0 Å². The van der Waals surface area contributed by atoms with Crippen LogP contribution in [0.2, 0.25) is 0 Å². The van der Waals surface area contributed by atoms with Gasteiger partial charge in [0.05, 0.1) is 11.6 Å². The van der Waals surface area contributed by atoms with E-state index in [0.29, 0.717) is 5.56 Å². The average molecular weight is 345 g/mol. The first-order valence-corrected chi connectivity index (χ1v) is 7.87. The van der Waals surface area contributed by atoms with E-state index in [1.165, 1.54) is 12.1 Å². The van der Waals surface area contributed by atoms with Crippen molar-refractivity contribution < 1.29 is 13.2 Å². The molecule has 2 aromatic rings. The molecule has 25 heavy (non-hydrogen) atoms. The van der Waals surface area contributed by atoms with Crippen LogP contribution >= 0.6 is 0 Å². The quantitative estimate of drug-likeness (QED) is 0.435. The summed E-state index contributed by atoms with van der Waals surface area (Å²) >= 11 is 0. The molecule has 0 aromatic heterocycles. The summed E-state index contributed by atoms with van der Waals surface area (Å²) in [6, 6.07) is 14.5. The first-order valence-electron chi connectivity index (χ1n) is 7.87. The van der Waals surface area contributed by atoms with Crippen LogP contribution in [0.25, 0.3) is 0 Å². The van der Waals surface area contributed by atoms with Crippen molar-refractivity contribution in [3.05, 3.63) is 96.1 Å². The fourth-order valence-electron chi connectivity index (χ4n) is 2.00. The Hall–Kier alpha value is -2.62. The molecule has 0 aliphatic heterocycles. The number of alkyl halides is 3. The first-order chi connectivity index (χ1) is 11.9.